The van der Waals surface area contributed by atoms with Crippen LogP contribution in [0.2, 0.25) is 0 Å². The molecule has 2 N–H and O–H groups in total. The average molecular weight is 538 g/mol. The lowest BCUT2D eigenvalue weighted by molar-refractivity contribution is -0.231. The van der Waals surface area contributed by atoms with Gasteiger partial charge in [-0.15, -0.1) is 0 Å². The molecule has 2 heterocycles. The molecular weight excluding hydrogens is 515 g/mol. The highest BCUT2D eigenvalue weighted by Gasteiger charge is 2.39. The second kappa shape index (κ2) is 10.3. The molecule has 1 unspecified atom stereocenters. The van der Waals surface area contributed by atoms with Crippen LogP contribution in [0.3, 0.4) is 0 Å². The largest absolute Gasteiger partial charge is 0.416 e. The Bertz CT molecular complexity index is 1310. The number of benzene rings is 2. The third-order valence-electron chi connectivity index (χ3n) is 5.59. The molecule has 200 valence electrons. The monoisotopic (exact) mass is 538 g/mol. The number of morpholine rings is 1. The zero-order valence-corrected chi connectivity index (χ0v) is 18.8. The highest BCUT2D eigenvalue weighted by atomic mass is 19.4. The first kappa shape index (κ1) is 24.1. The number of aromatic amines is 2. The third-order valence-corrected chi connectivity index (χ3v) is 5.59. The van der Waals surface area contributed by atoms with E-state index in [1.807, 2.05) is 0 Å². The molecule has 14 heteroatoms. The van der Waals surface area contributed by atoms with Gasteiger partial charge in [-0.25, -0.2) is 14.3 Å². The van der Waals surface area contributed by atoms with Gasteiger partial charge in [0, 0.05) is 7.92 Å². The standard InChI is InChI=1S/C23H21F7N4O3/c1-12(14-8-15(22(25,26)27)10-16(9-14)23(28,29)30)37-20-19(13-2-4-17(24)5-3-13)34(6-7-36-20)11-18-31-21(35)33-32-18/h2-5,8-10,12,19-20H,6-7,11H2,1H3,(H2,31,32,33,35)/t12?,19-,20+/m0/s1/i1D,11+1,12D,18+1. The van der Waals surface area contributed by atoms with Gasteiger partial charge in [-0.2, -0.15) is 31.4 Å². The summed E-state index contributed by atoms with van der Waals surface area (Å²) in [7, 11) is 0. The van der Waals surface area contributed by atoms with Crippen LogP contribution in [0.15, 0.2) is 47.3 Å². The SMILES string of the molecule is [2H]CC([2H])(O[C@H]1OCCN([13CH2][13c]2n[nH]c(=O)[nH]2)[C@H]1c1ccc(F)cc1)c1cc(C(F)(F)F)cc(C(F)(F)F)c1. The van der Waals surface area contributed by atoms with Crippen molar-refractivity contribution >= 4 is 0 Å². The molecule has 2 aromatic carbocycles. The van der Waals surface area contributed by atoms with Crippen LogP contribution >= 0.6 is 0 Å². The number of alkyl halides is 6. The highest BCUT2D eigenvalue weighted by Crippen LogP contribution is 2.39. The van der Waals surface area contributed by atoms with Crippen molar-refractivity contribution in [3.63, 3.8) is 0 Å². The normalized spacial score (nSPS) is 21.8. The highest BCUT2D eigenvalue weighted by molar-refractivity contribution is 5.34. The second-order valence-corrected chi connectivity index (χ2v) is 8.17. The van der Waals surface area contributed by atoms with Gasteiger partial charge in [0.2, 0.25) is 0 Å². The van der Waals surface area contributed by atoms with Gasteiger partial charge in [0.05, 0.1) is 37.8 Å². The van der Waals surface area contributed by atoms with Gasteiger partial charge in [-0.05, 0) is 48.4 Å². The number of rotatable bonds is 6. The molecule has 1 saturated heterocycles. The van der Waals surface area contributed by atoms with Crippen molar-refractivity contribution in [3.05, 3.63) is 86.8 Å². The lowest BCUT2D eigenvalue weighted by Crippen LogP contribution is -2.46. The Hall–Kier alpha value is -3.23. The lowest BCUT2D eigenvalue weighted by atomic mass is 10.0. The van der Waals surface area contributed by atoms with Crippen molar-refractivity contribution in [2.75, 3.05) is 13.2 Å². The minimum Gasteiger partial charge on any atom is -0.349 e. The second-order valence-electron chi connectivity index (χ2n) is 8.17. The molecule has 37 heavy (non-hydrogen) atoms. The fourth-order valence-electron chi connectivity index (χ4n) is 3.89. The number of hydrogen-bond acceptors (Lipinski definition) is 5. The summed E-state index contributed by atoms with van der Waals surface area (Å²) < 4.78 is 122. The molecule has 0 radical (unpaired) electrons. The molecule has 3 aromatic rings. The molecule has 7 nitrogen and oxygen atoms in total. The van der Waals surface area contributed by atoms with Crippen molar-refractivity contribution in [2.24, 2.45) is 0 Å². The number of ether oxygens (including phenoxy) is 2. The summed E-state index contributed by atoms with van der Waals surface area (Å²) in [6.45, 7) is -0.960. The maximum atomic E-state index is 13.6. The first-order valence-electron chi connectivity index (χ1n) is 11.9. The number of halogens is 7. The van der Waals surface area contributed by atoms with Crippen molar-refractivity contribution < 1.29 is 42.9 Å². The van der Waals surface area contributed by atoms with Gasteiger partial charge in [-0.1, -0.05) is 12.1 Å². The summed E-state index contributed by atoms with van der Waals surface area (Å²) in [5, 5.41) is 6.02. The minimum absolute atomic E-state index is 0.0162. The molecule has 1 aliphatic rings. The van der Waals surface area contributed by atoms with Crippen molar-refractivity contribution in [1.82, 2.24) is 20.1 Å². The summed E-state index contributed by atoms with van der Waals surface area (Å²) in [5.74, 6) is -0.390. The number of hydrogen-bond donors (Lipinski definition) is 2. The Morgan fingerprint density at radius 2 is 1.81 bits per heavy atom. The average Bonchev–Trinajstić information content (AvgIpc) is 3.28. The van der Waals surface area contributed by atoms with Gasteiger partial charge in [0.25, 0.3) is 0 Å². The van der Waals surface area contributed by atoms with Gasteiger partial charge in [0.15, 0.2) is 6.29 Å². The molecule has 1 fully saturated rings. The van der Waals surface area contributed by atoms with E-state index in [1.54, 1.807) is 4.90 Å². The summed E-state index contributed by atoms with van der Waals surface area (Å²) in [6, 6.07) is 4.57. The smallest absolute Gasteiger partial charge is 0.349 e. The van der Waals surface area contributed by atoms with Crippen molar-refractivity contribution in [2.45, 2.75) is 44.2 Å². The Balaban J connectivity index is 1.75. The van der Waals surface area contributed by atoms with E-state index in [0.29, 0.717) is 17.7 Å². The lowest BCUT2D eigenvalue weighted by Gasteiger charge is -2.41. The Kier molecular flexibility index (Phi) is 6.69. The molecule has 0 aliphatic carbocycles. The Morgan fingerprint density at radius 1 is 1.16 bits per heavy atom. The first-order chi connectivity index (χ1) is 18.2. The van der Waals surface area contributed by atoms with Crippen LogP contribution in [-0.4, -0.2) is 39.5 Å². The fraction of sp³-hybridized carbons (Fsp3) is 0.391. The van der Waals surface area contributed by atoms with E-state index in [0.717, 1.165) is 12.1 Å². The zero-order chi connectivity index (χ0) is 28.6. The molecule has 0 spiro atoms. The molecule has 1 aliphatic heterocycles. The van der Waals surface area contributed by atoms with Crippen LogP contribution in [-0.2, 0) is 28.4 Å². The molecule has 1 aromatic heterocycles. The topological polar surface area (TPSA) is 83.2 Å². The van der Waals surface area contributed by atoms with Crippen LogP contribution in [0.5, 0.6) is 0 Å². The van der Waals surface area contributed by atoms with Crippen LogP contribution < -0.4 is 5.69 Å². The van der Waals surface area contributed by atoms with Gasteiger partial charge in [-0.3, -0.25) is 9.88 Å². The van der Waals surface area contributed by atoms with Crippen LogP contribution in [0.4, 0.5) is 30.7 Å². The van der Waals surface area contributed by atoms with Crippen molar-refractivity contribution in [3.8, 4) is 0 Å². The van der Waals surface area contributed by atoms with Gasteiger partial charge in [0.1, 0.15) is 11.6 Å². The molecule has 0 bridgehead atoms. The van der Waals surface area contributed by atoms with E-state index in [1.165, 1.54) is 12.1 Å². The van der Waals surface area contributed by atoms with Crippen LogP contribution in [0.1, 0.15) is 49.8 Å². The van der Waals surface area contributed by atoms with Crippen LogP contribution in [0, 0.1) is 5.82 Å². The number of nitrogens with one attached hydrogen (secondary N) is 2. The van der Waals surface area contributed by atoms with E-state index in [-0.39, 0.29) is 31.6 Å². The first-order valence-corrected chi connectivity index (χ1v) is 10.7. The van der Waals surface area contributed by atoms with E-state index >= 15 is 0 Å². The van der Waals surface area contributed by atoms with Gasteiger partial charge < -0.3 is 9.47 Å². The summed E-state index contributed by atoms with van der Waals surface area (Å²) in [5.41, 5.74) is -4.40. The Labute approximate surface area is 208 Å². The minimum atomic E-state index is -5.17. The number of nitrogens with zero attached hydrogens (tertiary/aromatic N) is 2. The maximum Gasteiger partial charge on any atom is 0.416 e. The number of H-pyrrole nitrogens is 2. The predicted molar refractivity (Wildman–Crippen MR) is 114 cm³/mol. The van der Waals surface area contributed by atoms with E-state index < -0.39 is 65.9 Å². The van der Waals surface area contributed by atoms with Crippen molar-refractivity contribution in [1.29, 1.82) is 0 Å². The molecular formula is C23H21F7N4O3. The summed E-state index contributed by atoms with van der Waals surface area (Å²) in [4.78, 5) is 15.6. The summed E-state index contributed by atoms with van der Waals surface area (Å²) >= 11 is 0. The molecule has 4 rings (SSSR count). The van der Waals surface area contributed by atoms with E-state index in [9.17, 15) is 35.5 Å². The Morgan fingerprint density at radius 3 is 2.35 bits per heavy atom. The third kappa shape index (κ3) is 6.37. The fourth-order valence-corrected chi connectivity index (χ4v) is 3.89. The van der Waals surface area contributed by atoms with E-state index in [4.69, 9.17) is 12.2 Å². The zero-order valence-electron chi connectivity index (χ0n) is 20.8. The predicted octanol–water partition coefficient (Wildman–Crippen LogP) is 4.95. The quantitative estimate of drug-likeness (QED) is 0.343. The van der Waals surface area contributed by atoms with E-state index in [2.05, 4.69) is 15.2 Å². The van der Waals surface area contributed by atoms with Crippen LogP contribution in [0.25, 0.3) is 0 Å². The maximum absolute atomic E-state index is 13.6. The summed E-state index contributed by atoms with van der Waals surface area (Å²) in [6.07, 6.45) is -14.6. The molecule has 3 atom stereocenters. The molecule has 0 amide bonds. The molecule has 0 saturated carbocycles. The number of aromatic nitrogens is 3. The van der Waals surface area contributed by atoms with Gasteiger partial charge >= 0.3 is 18.0 Å².